The molecule has 1 aromatic rings. The molecule has 0 unspecified atom stereocenters. The number of nitriles is 1. The summed E-state index contributed by atoms with van der Waals surface area (Å²) in [4.78, 5) is 0. The van der Waals surface area contributed by atoms with E-state index in [1.807, 2.05) is 0 Å². The van der Waals surface area contributed by atoms with Crippen LogP contribution in [0, 0.1) is 11.3 Å². The minimum absolute atomic E-state index is 0.129. The summed E-state index contributed by atoms with van der Waals surface area (Å²) in [5.41, 5.74) is 0.457. The van der Waals surface area contributed by atoms with E-state index in [4.69, 9.17) is 10.00 Å². The van der Waals surface area contributed by atoms with Gasteiger partial charge >= 0.3 is 0 Å². The number of phenolic OH excluding ortho intramolecular Hbond substituents is 1. The van der Waals surface area contributed by atoms with E-state index in [1.54, 1.807) is 12.1 Å². The molecule has 1 aliphatic rings. The Kier molecular flexibility index (Phi) is 2.35. The Balaban J connectivity index is 2.59. The minimum atomic E-state index is -0.401. The van der Waals surface area contributed by atoms with Gasteiger partial charge in [-0.05, 0) is 40.9 Å². The highest BCUT2D eigenvalue weighted by Gasteiger charge is 2.47. The third kappa shape index (κ3) is 1.47. The van der Waals surface area contributed by atoms with Crippen LogP contribution in [-0.2, 0) is 5.41 Å². The van der Waals surface area contributed by atoms with Crippen LogP contribution in [0.3, 0.4) is 0 Å². The second-order valence-corrected chi connectivity index (χ2v) is 4.47. The van der Waals surface area contributed by atoms with Gasteiger partial charge in [0.25, 0.3) is 0 Å². The Morgan fingerprint density at radius 2 is 2.20 bits per heavy atom. The molecule has 15 heavy (non-hydrogen) atoms. The van der Waals surface area contributed by atoms with E-state index in [-0.39, 0.29) is 5.75 Å². The summed E-state index contributed by atoms with van der Waals surface area (Å²) >= 11 is 3.26. The summed E-state index contributed by atoms with van der Waals surface area (Å²) in [5.74, 6) is 0.693. The fourth-order valence-electron chi connectivity index (χ4n) is 1.69. The zero-order valence-electron chi connectivity index (χ0n) is 8.25. The highest BCUT2D eigenvalue weighted by Crippen LogP contribution is 2.53. The van der Waals surface area contributed by atoms with E-state index in [0.29, 0.717) is 10.2 Å². The van der Waals surface area contributed by atoms with Crippen molar-refractivity contribution in [2.75, 3.05) is 7.11 Å². The number of halogens is 1. The van der Waals surface area contributed by atoms with Gasteiger partial charge in [0.2, 0.25) is 0 Å². The van der Waals surface area contributed by atoms with Crippen molar-refractivity contribution in [3.63, 3.8) is 0 Å². The van der Waals surface area contributed by atoms with Crippen molar-refractivity contribution >= 4 is 15.9 Å². The van der Waals surface area contributed by atoms with E-state index in [1.165, 1.54) is 7.11 Å². The average molecular weight is 268 g/mol. The molecule has 3 nitrogen and oxygen atoms in total. The Bertz CT molecular complexity index is 447. The molecule has 0 aromatic heterocycles. The van der Waals surface area contributed by atoms with E-state index < -0.39 is 5.41 Å². The van der Waals surface area contributed by atoms with Crippen molar-refractivity contribution in [2.45, 2.75) is 18.3 Å². The summed E-state index contributed by atoms with van der Waals surface area (Å²) < 4.78 is 5.74. The van der Waals surface area contributed by atoms with Crippen LogP contribution in [0.4, 0.5) is 0 Å². The summed E-state index contributed by atoms with van der Waals surface area (Å²) in [6, 6.07) is 5.65. The maximum Gasteiger partial charge on any atom is 0.141 e. The first-order chi connectivity index (χ1) is 7.14. The molecule has 0 atom stereocenters. The van der Waals surface area contributed by atoms with Crippen molar-refractivity contribution in [2.24, 2.45) is 0 Å². The van der Waals surface area contributed by atoms with Gasteiger partial charge in [0, 0.05) is 5.56 Å². The van der Waals surface area contributed by atoms with Crippen LogP contribution in [0.1, 0.15) is 18.4 Å². The highest BCUT2D eigenvalue weighted by atomic mass is 79.9. The first-order valence-corrected chi connectivity index (χ1v) is 5.41. The predicted octanol–water partition coefficient (Wildman–Crippen LogP) is 2.72. The van der Waals surface area contributed by atoms with Gasteiger partial charge in [0.05, 0.1) is 18.6 Å². The van der Waals surface area contributed by atoms with E-state index in [9.17, 15) is 5.11 Å². The lowest BCUT2D eigenvalue weighted by Gasteiger charge is -2.14. The Labute approximate surface area is 96.4 Å². The van der Waals surface area contributed by atoms with Gasteiger partial charge in [0.15, 0.2) is 0 Å². The van der Waals surface area contributed by atoms with Crippen molar-refractivity contribution in [1.82, 2.24) is 0 Å². The number of nitrogens with zero attached hydrogens (tertiary/aromatic N) is 1. The van der Waals surface area contributed by atoms with Crippen molar-refractivity contribution in [3.05, 3.63) is 22.2 Å². The first-order valence-electron chi connectivity index (χ1n) is 4.62. The normalized spacial score (nSPS) is 16.9. The van der Waals surface area contributed by atoms with Gasteiger partial charge in [-0.25, -0.2) is 0 Å². The maximum absolute atomic E-state index is 9.50. The molecule has 0 aliphatic heterocycles. The molecule has 0 heterocycles. The molecule has 0 bridgehead atoms. The number of aromatic hydroxyl groups is 1. The summed E-state index contributed by atoms with van der Waals surface area (Å²) in [6.07, 6.45) is 1.72. The van der Waals surface area contributed by atoms with Crippen LogP contribution in [0.5, 0.6) is 11.5 Å². The van der Waals surface area contributed by atoms with Crippen LogP contribution in [-0.4, -0.2) is 12.2 Å². The number of hydrogen-bond acceptors (Lipinski definition) is 3. The monoisotopic (exact) mass is 267 g/mol. The quantitative estimate of drug-likeness (QED) is 0.897. The lowest BCUT2D eigenvalue weighted by atomic mass is 9.96. The molecule has 0 amide bonds. The molecule has 0 saturated heterocycles. The fraction of sp³-hybridized carbons (Fsp3) is 0.364. The largest absolute Gasteiger partial charge is 0.507 e. The van der Waals surface area contributed by atoms with Crippen molar-refractivity contribution in [1.29, 1.82) is 5.26 Å². The average Bonchev–Trinajstić information content (AvgIpc) is 3.02. The van der Waals surface area contributed by atoms with Crippen molar-refractivity contribution in [3.8, 4) is 17.6 Å². The number of methoxy groups -OCH3 is 1. The number of hydrogen-bond donors (Lipinski definition) is 1. The Hall–Kier alpha value is -1.21. The molecule has 0 radical (unpaired) electrons. The SMILES string of the molecule is COc1c(C2(C#N)CC2)ccc(O)c1Br. The lowest BCUT2D eigenvalue weighted by molar-refractivity contribution is 0.396. The third-order valence-electron chi connectivity index (χ3n) is 2.76. The van der Waals surface area contributed by atoms with Gasteiger partial charge < -0.3 is 9.84 Å². The third-order valence-corrected chi connectivity index (χ3v) is 3.53. The van der Waals surface area contributed by atoms with Gasteiger partial charge in [-0.1, -0.05) is 0 Å². The molecule has 1 aliphatic carbocycles. The summed E-state index contributed by atoms with van der Waals surface area (Å²) in [7, 11) is 1.54. The van der Waals surface area contributed by atoms with Crippen LogP contribution in [0.25, 0.3) is 0 Å². The van der Waals surface area contributed by atoms with E-state index in [2.05, 4.69) is 22.0 Å². The number of rotatable bonds is 2. The molecule has 0 spiro atoms. The predicted molar refractivity (Wildman–Crippen MR) is 58.9 cm³/mol. The zero-order valence-corrected chi connectivity index (χ0v) is 9.84. The summed E-state index contributed by atoms with van der Waals surface area (Å²) in [6.45, 7) is 0. The van der Waals surface area contributed by atoms with Gasteiger partial charge in [-0.2, -0.15) is 5.26 Å². The van der Waals surface area contributed by atoms with Crippen LogP contribution >= 0.6 is 15.9 Å². The molecule has 1 saturated carbocycles. The van der Waals surface area contributed by atoms with E-state index in [0.717, 1.165) is 18.4 Å². The lowest BCUT2D eigenvalue weighted by Crippen LogP contribution is -2.05. The van der Waals surface area contributed by atoms with Gasteiger partial charge in [-0.3, -0.25) is 0 Å². The number of phenols is 1. The highest BCUT2D eigenvalue weighted by molar-refractivity contribution is 9.10. The molecule has 1 aromatic carbocycles. The van der Waals surface area contributed by atoms with Crippen LogP contribution in [0.15, 0.2) is 16.6 Å². The second-order valence-electron chi connectivity index (χ2n) is 3.67. The molecule has 1 N–H and O–H groups in total. The molecule has 1 fully saturated rings. The molecule has 2 rings (SSSR count). The Morgan fingerprint density at radius 3 is 2.67 bits per heavy atom. The molecule has 4 heteroatoms. The Morgan fingerprint density at radius 1 is 1.53 bits per heavy atom. The zero-order chi connectivity index (χ0) is 11.1. The maximum atomic E-state index is 9.50. The number of benzene rings is 1. The standard InChI is InChI=1S/C11H10BrNO2/c1-15-10-7(11(6-13)4-5-11)2-3-8(14)9(10)12/h2-3,14H,4-5H2,1H3. The van der Waals surface area contributed by atoms with Crippen LogP contribution in [0.2, 0.25) is 0 Å². The van der Waals surface area contributed by atoms with Gasteiger partial charge in [-0.15, -0.1) is 0 Å². The van der Waals surface area contributed by atoms with Crippen LogP contribution < -0.4 is 4.74 Å². The number of ether oxygens (including phenoxy) is 1. The smallest absolute Gasteiger partial charge is 0.141 e. The van der Waals surface area contributed by atoms with E-state index >= 15 is 0 Å². The molecule has 78 valence electrons. The molecular formula is C11H10BrNO2. The van der Waals surface area contributed by atoms with Crippen molar-refractivity contribution < 1.29 is 9.84 Å². The van der Waals surface area contributed by atoms with Gasteiger partial charge in [0.1, 0.15) is 16.0 Å². The fourth-order valence-corrected chi connectivity index (χ4v) is 2.20. The minimum Gasteiger partial charge on any atom is -0.507 e. The topological polar surface area (TPSA) is 53.2 Å². The summed E-state index contributed by atoms with van der Waals surface area (Å²) in [5, 5.41) is 18.6. The second kappa shape index (κ2) is 3.42. The first kappa shape index (κ1) is 10.3. The molecular weight excluding hydrogens is 258 g/mol.